The van der Waals surface area contributed by atoms with Gasteiger partial charge in [0, 0.05) is 25.0 Å². The Labute approximate surface area is 319 Å². The highest BCUT2D eigenvalue weighted by atomic mass is 35.5. The lowest BCUT2D eigenvalue weighted by molar-refractivity contribution is -0.146. The van der Waals surface area contributed by atoms with Crippen molar-refractivity contribution in [1.82, 2.24) is 20.5 Å². The fourth-order valence-electron chi connectivity index (χ4n) is 7.87. The number of halogens is 1. The fourth-order valence-corrected chi connectivity index (χ4v) is 8.78. The number of pyridine rings is 1. The first-order valence-corrected chi connectivity index (χ1v) is 19.9. The Balaban J connectivity index is 1.28. The van der Waals surface area contributed by atoms with E-state index in [0.717, 1.165) is 18.6 Å². The summed E-state index contributed by atoms with van der Waals surface area (Å²) in [5.41, 5.74) is -1.67. The van der Waals surface area contributed by atoms with Crippen LogP contribution in [0.4, 0.5) is 4.79 Å². The van der Waals surface area contributed by atoms with Crippen LogP contribution in [-0.2, 0) is 23.9 Å². The zero-order valence-corrected chi connectivity index (χ0v) is 32.8. The van der Waals surface area contributed by atoms with Crippen molar-refractivity contribution in [3.63, 3.8) is 0 Å². The van der Waals surface area contributed by atoms with Gasteiger partial charge in [0.25, 0.3) is 0 Å². The highest BCUT2D eigenvalue weighted by Gasteiger charge is 2.61. The second-order valence-corrected chi connectivity index (χ2v) is 17.4. The molecule has 4 fully saturated rings. The Morgan fingerprint density at radius 3 is 2.43 bits per heavy atom. The van der Waals surface area contributed by atoms with Crippen LogP contribution in [-0.4, -0.2) is 101 Å². The number of thioether (sulfide) groups is 1. The maximum Gasteiger partial charge on any atom is 0.408 e. The maximum atomic E-state index is 14.6. The Hall–Kier alpha value is -3.49. The number of nitrogens with zero attached hydrogens (tertiary/aromatic N) is 2. The summed E-state index contributed by atoms with van der Waals surface area (Å²) in [5, 5.41) is 17.3. The molecule has 3 N–H and O–H groups in total. The van der Waals surface area contributed by atoms with Crippen LogP contribution in [0.5, 0.6) is 11.5 Å². The average Bonchev–Trinajstić information content (AvgIpc) is 3.91. The maximum absolute atomic E-state index is 14.6. The van der Waals surface area contributed by atoms with Crippen LogP contribution in [0.3, 0.4) is 0 Å². The molecule has 2 aromatic rings. The number of alkyl carbamates (subject to hydrolysis) is 1. The van der Waals surface area contributed by atoms with Gasteiger partial charge in [-0.05, 0) is 66.7 Å². The number of carboxylic acids is 1. The van der Waals surface area contributed by atoms with Crippen LogP contribution in [0.1, 0.15) is 73.1 Å². The van der Waals surface area contributed by atoms with Crippen LogP contribution in [0, 0.1) is 23.2 Å². The number of rotatable bonds is 15. The normalized spacial score (nSPS) is 27.9. The van der Waals surface area contributed by atoms with Crippen LogP contribution in [0.25, 0.3) is 10.9 Å². The summed E-state index contributed by atoms with van der Waals surface area (Å²) in [6.07, 6.45) is 2.31. The molecule has 53 heavy (non-hydrogen) atoms. The number of carboxylic acid groups (broad SMARTS) is 1. The van der Waals surface area contributed by atoms with Crippen molar-refractivity contribution in [1.29, 1.82) is 0 Å². The molecule has 3 saturated carbocycles. The van der Waals surface area contributed by atoms with Gasteiger partial charge in [-0.3, -0.25) is 9.59 Å². The van der Waals surface area contributed by atoms with E-state index in [-0.39, 0.29) is 25.0 Å². The summed E-state index contributed by atoms with van der Waals surface area (Å²) < 4.78 is 23.3. The molecule has 0 spiro atoms. The molecule has 1 saturated heterocycles. The minimum absolute atomic E-state index is 0.00943. The molecule has 1 aromatic carbocycles. The highest BCUT2D eigenvalue weighted by molar-refractivity contribution is 7.99. The lowest BCUT2D eigenvalue weighted by atomic mass is 9.85. The number of fused-ring (bicyclic) bond motifs is 2. The van der Waals surface area contributed by atoms with E-state index in [1.54, 1.807) is 13.2 Å². The Kier molecular flexibility index (Phi) is 11.6. The van der Waals surface area contributed by atoms with Crippen molar-refractivity contribution >= 4 is 58.1 Å². The number of methoxy groups -OCH3 is 1. The van der Waals surface area contributed by atoms with Crippen LogP contribution < -0.4 is 20.1 Å². The molecule has 0 unspecified atom stereocenters. The van der Waals surface area contributed by atoms with Crippen molar-refractivity contribution in [2.75, 3.05) is 32.6 Å². The summed E-state index contributed by atoms with van der Waals surface area (Å²) in [6, 6.07) is 3.26. The number of aromatic nitrogens is 1. The molecule has 3 aliphatic carbocycles. The summed E-state index contributed by atoms with van der Waals surface area (Å²) in [6.45, 7) is 10.1. The van der Waals surface area contributed by atoms with Crippen molar-refractivity contribution < 1.29 is 43.2 Å². The third-order valence-corrected chi connectivity index (χ3v) is 12.1. The van der Waals surface area contributed by atoms with E-state index in [2.05, 4.69) is 10.6 Å². The van der Waals surface area contributed by atoms with Gasteiger partial charge in [0.1, 0.15) is 58.0 Å². The lowest BCUT2D eigenvalue weighted by Gasteiger charge is -2.35. The molecule has 290 valence electrons. The summed E-state index contributed by atoms with van der Waals surface area (Å²) >= 11 is 8.32. The summed E-state index contributed by atoms with van der Waals surface area (Å²) in [4.78, 5) is 60.4. The molecule has 4 aliphatic rings. The highest BCUT2D eigenvalue weighted by Crippen LogP contribution is 2.52. The van der Waals surface area contributed by atoms with Crippen LogP contribution in [0.2, 0.25) is 5.02 Å². The van der Waals surface area contributed by atoms with Crippen LogP contribution >= 0.6 is 23.4 Å². The number of hydrogen-bond donors (Lipinski definition) is 3. The van der Waals surface area contributed by atoms with Crippen molar-refractivity contribution in [3.8, 4) is 11.5 Å². The van der Waals surface area contributed by atoms with E-state index in [4.69, 9.17) is 35.5 Å². The Morgan fingerprint density at radius 1 is 1.08 bits per heavy atom. The number of amides is 3. The third kappa shape index (κ3) is 8.44. The number of carbonyl (C=O) groups is 4. The van der Waals surface area contributed by atoms with Gasteiger partial charge >= 0.3 is 12.1 Å². The molecule has 1 aromatic heterocycles. The smallest absolute Gasteiger partial charge is 0.408 e. The van der Waals surface area contributed by atoms with Crippen molar-refractivity contribution in [3.05, 3.63) is 23.2 Å². The first-order chi connectivity index (χ1) is 25.2. The molecule has 8 atom stereocenters. The number of carbonyl (C=O) groups excluding carboxylic acids is 3. The quantitative estimate of drug-likeness (QED) is 0.151. The zero-order chi connectivity index (χ0) is 38.2. The molecule has 13 nitrogen and oxygen atoms in total. The monoisotopic (exact) mass is 774 g/mol. The second kappa shape index (κ2) is 15.7. The molecular weight excluding hydrogens is 724 g/mol. The van der Waals surface area contributed by atoms with Gasteiger partial charge < -0.3 is 39.6 Å². The van der Waals surface area contributed by atoms with Gasteiger partial charge in [0.15, 0.2) is 0 Å². The first kappa shape index (κ1) is 39.2. The first-order valence-electron chi connectivity index (χ1n) is 18.6. The topological polar surface area (TPSA) is 166 Å². The third-order valence-electron chi connectivity index (χ3n) is 11.0. The van der Waals surface area contributed by atoms with Gasteiger partial charge in [0.05, 0.1) is 18.7 Å². The van der Waals surface area contributed by atoms with E-state index in [1.165, 1.54) is 23.1 Å². The average molecular weight is 775 g/mol. The SMILES string of the molecule is CCSc1cc(O[C@@H]2C[C@@H](C(=O)N[C@]3(C(=O)O)C[C@H]3CC)N(C(=O)[C@@H](NC(=O)O[C@@H]3C[C@@H]4C[C@@H]4C3)C(C)(C)C)C2)c2ccc(OCCOC)c(Cl)c2n1. The molecule has 1 aliphatic heterocycles. The number of ether oxygens (including phenoxy) is 4. The predicted molar refractivity (Wildman–Crippen MR) is 199 cm³/mol. The predicted octanol–water partition coefficient (Wildman–Crippen LogP) is 5.68. The minimum Gasteiger partial charge on any atom is -0.490 e. The van der Waals surface area contributed by atoms with E-state index in [1.807, 2.05) is 46.8 Å². The second-order valence-electron chi connectivity index (χ2n) is 15.8. The fraction of sp³-hybridized carbons (Fsp3) is 0.658. The standard InChI is InChI=1S/C38H51ClN4O9S/c1-7-22-18-38(22,35(46)47)42-33(44)26-16-24(19-43(26)34(45)32(37(3,4)5)41-36(48)52-23-14-20-13-21(20)15-23)51-28-17-29(53-8-2)40-31-25(28)9-10-27(30(31)39)50-12-11-49-6/h9-10,17,20-24,26,32H,7-8,11-16,18-19H2,1-6H3,(H,41,48)(H,42,44)(H,46,47)/t20-,21+,22-,23+,24-,26+,32-,38-/m1/s1. The molecule has 0 radical (unpaired) electrons. The zero-order valence-electron chi connectivity index (χ0n) is 31.2. The Bertz CT molecular complexity index is 1730. The van der Waals surface area contributed by atoms with Crippen molar-refractivity contribution in [2.24, 2.45) is 23.2 Å². The summed E-state index contributed by atoms with van der Waals surface area (Å²) in [7, 11) is 1.58. The molecule has 2 heterocycles. The summed E-state index contributed by atoms with van der Waals surface area (Å²) in [5.74, 6) is 0.505. The molecule has 15 heteroatoms. The van der Waals surface area contributed by atoms with Crippen molar-refractivity contribution in [2.45, 2.75) is 108 Å². The van der Waals surface area contributed by atoms with Gasteiger partial charge in [-0.2, -0.15) is 0 Å². The molecule has 3 amide bonds. The van der Waals surface area contributed by atoms with Gasteiger partial charge in [-0.1, -0.05) is 52.6 Å². The van der Waals surface area contributed by atoms with Gasteiger partial charge in [0.2, 0.25) is 11.8 Å². The van der Waals surface area contributed by atoms with E-state index in [9.17, 15) is 24.3 Å². The Morgan fingerprint density at radius 2 is 1.81 bits per heavy atom. The lowest BCUT2D eigenvalue weighted by Crippen LogP contribution is -2.59. The van der Waals surface area contributed by atoms with Gasteiger partial charge in [-0.25, -0.2) is 14.6 Å². The van der Waals surface area contributed by atoms with E-state index in [0.29, 0.717) is 70.3 Å². The van der Waals surface area contributed by atoms with E-state index >= 15 is 0 Å². The number of hydrogen-bond acceptors (Lipinski definition) is 10. The van der Waals surface area contributed by atoms with Gasteiger partial charge in [-0.15, -0.1) is 11.8 Å². The largest absolute Gasteiger partial charge is 0.490 e. The number of likely N-dealkylation sites (tertiary alicyclic amines) is 1. The molecular formula is C38H51ClN4O9S. The van der Waals surface area contributed by atoms with E-state index < -0.39 is 53.0 Å². The minimum atomic E-state index is -1.39. The molecule has 0 bridgehead atoms. The molecule has 6 rings (SSSR count). The number of nitrogens with one attached hydrogen (secondary N) is 2. The number of benzene rings is 1. The number of aliphatic carboxylic acids is 1. The van der Waals surface area contributed by atoms with Crippen LogP contribution in [0.15, 0.2) is 23.2 Å².